The summed E-state index contributed by atoms with van der Waals surface area (Å²) in [5.41, 5.74) is 3.71. The lowest BCUT2D eigenvalue weighted by molar-refractivity contribution is 0.0953. The van der Waals surface area contributed by atoms with Crippen molar-refractivity contribution in [2.75, 3.05) is 26.1 Å². The summed E-state index contributed by atoms with van der Waals surface area (Å²) in [6, 6.07) is 9.53. The van der Waals surface area contributed by atoms with Gasteiger partial charge in [-0.25, -0.2) is 0 Å². The van der Waals surface area contributed by atoms with Gasteiger partial charge in [0.25, 0.3) is 0 Å². The number of aromatic nitrogens is 4. The van der Waals surface area contributed by atoms with Crippen molar-refractivity contribution in [3.05, 3.63) is 52.3 Å². The first-order valence-corrected chi connectivity index (χ1v) is 12.5. The number of nitrogens with zero attached hydrogens (tertiary/aromatic N) is 4. The number of ether oxygens (including phenoxy) is 2. The predicted molar refractivity (Wildman–Crippen MR) is 130 cm³/mol. The molecule has 1 atom stereocenters. The Labute approximate surface area is 203 Å². The fraction of sp³-hybridized carbons (Fsp3) is 0.458. The Morgan fingerprint density at radius 3 is 2.73 bits per heavy atom. The van der Waals surface area contributed by atoms with Crippen molar-refractivity contribution in [2.45, 2.75) is 51.0 Å². The second kappa shape index (κ2) is 10.9. The number of thioether (sulfide) groups is 1. The van der Waals surface area contributed by atoms with Crippen molar-refractivity contribution in [2.24, 2.45) is 0 Å². The van der Waals surface area contributed by atoms with Crippen molar-refractivity contribution in [1.29, 1.82) is 0 Å². The van der Waals surface area contributed by atoms with E-state index < -0.39 is 0 Å². The Balaban J connectivity index is 1.54. The highest BCUT2D eigenvalue weighted by atomic mass is 35.5. The summed E-state index contributed by atoms with van der Waals surface area (Å²) in [6.45, 7) is 6.78. The molecule has 176 valence electrons. The van der Waals surface area contributed by atoms with Gasteiger partial charge in [-0.05, 0) is 57.0 Å². The molecule has 1 saturated heterocycles. The fourth-order valence-corrected chi connectivity index (χ4v) is 5.14. The zero-order valence-corrected chi connectivity index (χ0v) is 20.8. The molecule has 33 heavy (non-hydrogen) atoms. The van der Waals surface area contributed by atoms with Gasteiger partial charge in [-0.2, -0.15) is 0 Å². The number of aryl methyl sites for hydroxylation is 1. The van der Waals surface area contributed by atoms with E-state index >= 15 is 0 Å². The van der Waals surface area contributed by atoms with E-state index in [4.69, 9.17) is 21.1 Å². The van der Waals surface area contributed by atoms with Gasteiger partial charge in [-0.15, -0.1) is 10.2 Å². The molecule has 0 bridgehead atoms. The van der Waals surface area contributed by atoms with E-state index in [0.717, 1.165) is 59.5 Å². The molecule has 1 fully saturated rings. The van der Waals surface area contributed by atoms with Crippen LogP contribution in [0.1, 0.15) is 34.6 Å². The highest BCUT2D eigenvalue weighted by molar-refractivity contribution is 7.99. The minimum absolute atomic E-state index is 0.0801. The molecular weight excluding hydrogens is 460 g/mol. The lowest BCUT2D eigenvalue weighted by Crippen LogP contribution is -2.17. The van der Waals surface area contributed by atoms with E-state index in [1.54, 1.807) is 7.11 Å². The molecule has 2 aromatic heterocycles. The minimum Gasteiger partial charge on any atom is -0.383 e. The maximum Gasteiger partial charge on any atom is 0.192 e. The Hall–Kier alpha value is -2.13. The summed E-state index contributed by atoms with van der Waals surface area (Å²) in [6.07, 6.45) is 2.19. The van der Waals surface area contributed by atoms with Gasteiger partial charge in [0.05, 0.1) is 25.0 Å². The monoisotopic (exact) mass is 488 g/mol. The maximum absolute atomic E-state index is 13.1. The summed E-state index contributed by atoms with van der Waals surface area (Å²) in [5.74, 6) is 1.13. The summed E-state index contributed by atoms with van der Waals surface area (Å²) in [5, 5.41) is 10.3. The lowest BCUT2D eigenvalue weighted by atomic mass is 10.2. The smallest absolute Gasteiger partial charge is 0.192 e. The molecule has 3 aromatic rings. The van der Waals surface area contributed by atoms with Crippen LogP contribution in [0.2, 0.25) is 5.02 Å². The third kappa shape index (κ3) is 5.51. The average Bonchev–Trinajstić information content (AvgIpc) is 3.52. The molecular formula is C24H29ClN4O3S. The Morgan fingerprint density at radius 1 is 1.24 bits per heavy atom. The zero-order chi connectivity index (χ0) is 23.4. The number of halogens is 1. The normalized spacial score (nSPS) is 15.9. The standard InChI is InChI=1S/C24H29ClN4O3S/c1-16-13-21(17(2)28(16)10-12-31-3)22(30)15-33-24-27-26-23(18-6-8-19(25)9-7-18)29(24)14-20-5-4-11-32-20/h6-9,13,20H,4-5,10-12,14-15H2,1-3H3/t20-/m1/s1. The van der Waals surface area contributed by atoms with Crippen LogP contribution in [-0.2, 0) is 22.6 Å². The van der Waals surface area contributed by atoms with Gasteiger partial charge in [0.15, 0.2) is 16.8 Å². The number of rotatable bonds is 10. The molecule has 3 heterocycles. The van der Waals surface area contributed by atoms with Crippen LogP contribution in [0.4, 0.5) is 0 Å². The second-order valence-electron chi connectivity index (χ2n) is 8.20. The third-order valence-electron chi connectivity index (χ3n) is 5.95. The van der Waals surface area contributed by atoms with Gasteiger partial charge in [-0.1, -0.05) is 23.4 Å². The molecule has 0 saturated carbocycles. The average molecular weight is 489 g/mol. The predicted octanol–water partition coefficient (Wildman–Crippen LogP) is 4.82. The first-order chi connectivity index (χ1) is 16.0. The number of methoxy groups -OCH3 is 1. The molecule has 9 heteroatoms. The number of carbonyl (C=O) groups is 1. The van der Waals surface area contributed by atoms with Crippen molar-refractivity contribution >= 4 is 29.1 Å². The largest absolute Gasteiger partial charge is 0.383 e. The van der Waals surface area contributed by atoms with Crippen LogP contribution in [0.3, 0.4) is 0 Å². The zero-order valence-electron chi connectivity index (χ0n) is 19.2. The summed E-state index contributed by atoms with van der Waals surface area (Å²) in [7, 11) is 1.68. The summed E-state index contributed by atoms with van der Waals surface area (Å²) >= 11 is 7.48. The van der Waals surface area contributed by atoms with E-state index in [9.17, 15) is 4.79 Å². The minimum atomic E-state index is 0.0801. The maximum atomic E-state index is 13.1. The lowest BCUT2D eigenvalue weighted by Gasteiger charge is -2.14. The number of ketones is 1. The third-order valence-corrected chi connectivity index (χ3v) is 7.17. The second-order valence-corrected chi connectivity index (χ2v) is 9.58. The topological polar surface area (TPSA) is 71.2 Å². The van der Waals surface area contributed by atoms with E-state index in [-0.39, 0.29) is 11.9 Å². The van der Waals surface area contributed by atoms with Gasteiger partial charge in [-0.3, -0.25) is 9.36 Å². The van der Waals surface area contributed by atoms with E-state index in [1.165, 1.54) is 11.8 Å². The van der Waals surface area contributed by atoms with E-state index in [0.29, 0.717) is 23.9 Å². The van der Waals surface area contributed by atoms with E-state index in [2.05, 4.69) is 19.3 Å². The first-order valence-electron chi connectivity index (χ1n) is 11.1. The number of hydrogen-bond donors (Lipinski definition) is 0. The van der Waals surface area contributed by atoms with Crippen LogP contribution in [0, 0.1) is 13.8 Å². The fourth-order valence-electron chi connectivity index (χ4n) is 4.18. The van der Waals surface area contributed by atoms with Gasteiger partial charge in [0.2, 0.25) is 0 Å². The van der Waals surface area contributed by atoms with Crippen molar-refractivity contribution in [3.63, 3.8) is 0 Å². The van der Waals surface area contributed by atoms with Gasteiger partial charge in [0, 0.05) is 47.8 Å². The van der Waals surface area contributed by atoms with Gasteiger partial charge in [0.1, 0.15) is 0 Å². The molecule has 1 aliphatic rings. The van der Waals surface area contributed by atoms with Crippen LogP contribution >= 0.6 is 23.4 Å². The Bertz CT molecular complexity index is 1100. The van der Waals surface area contributed by atoms with Crippen molar-refractivity contribution in [3.8, 4) is 11.4 Å². The molecule has 0 aliphatic carbocycles. The van der Waals surface area contributed by atoms with E-state index in [1.807, 2.05) is 44.2 Å². The Kier molecular flexibility index (Phi) is 7.90. The number of carbonyl (C=O) groups excluding carboxylic acids is 1. The summed E-state index contributed by atoms with van der Waals surface area (Å²) < 4.78 is 15.3. The Morgan fingerprint density at radius 2 is 2.03 bits per heavy atom. The van der Waals surface area contributed by atoms with Crippen LogP contribution in [0.25, 0.3) is 11.4 Å². The number of Topliss-reactive ketones (excluding diaryl/α,β-unsaturated/α-hetero) is 1. The highest BCUT2D eigenvalue weighted by Crippen LogP contribution is 2.28. The van der Waals surface area contributed by atoms with Crippen LogP contribution in [0.5, 0.6) is 0 Å². The van der Waals surface area contributed by atoms with Crippen LogP contribution in [-0.4, -0.2) is 57.3 Å². The van der Waals surface area contributed by atoms with Gasteiger partial charge < -0.3 is 14.0 Å². The number of hydrogen-bond acceptors (Lipinski definition) is 6. The molecule has 0 unspecified atom stereocenters. The quantitative estimate of drug-likeness (QED) is 0.301. The van der Waals surface area contributed by atoms with Crippen LogP contribution in [0.15, 0.2) is 35.5 Å². The van der Waals surface area contributed by atoms with Crippen molar-refractivity contribution in [1.82, 2.24) is 19.3 Å². The first kappa shape index (κ1) is 24.0. The molecule has 0 N–H and O–H groups in total. The molecule has 1 aromatic carbocycles. The van der Waals surface area contributed by atoms with Gasteiger partial charge >= 0.3 is 0 Å². The SMILES string of the molecule is COCCn1c(C)cc(C(=O)CSc2nnc(-c3ccc(Cl)cc3)n2C[C@H]2CCCO2)c1C. The molecule has 0 spiro atoms. The molecule has 7 nitrogen and oxygen atoms in total. The molecule has 0 amide bonds. The molecule has 4 rings (SSSR count). The molecule has 1 aliphatic heterocycles. The van der Waals surface area contributed by atoms with Crippen molar-refractivity contribution < 1.29 is 14.3 Å². The summed E-state index contributed by atoms with van der Waals surface area (Å²) in [4.78, 5) is 13.1. The molecule has 0 radical (unpaired) electrons. The van der Waals surface area contributed by atoms with Crippen LogP contribution < -0.4 is 0 Å². The highest BCUT2D eigenvalue weighted by Gasteiger charge is 2.23. The number of benzene rings is 1.